The Morgan fingerprint density at radius 2 is 1.57 bits per heavy atom. The molecule has 2 atom stereocenters. The van der Waals surface area contributed by atoms with E-state index in [1.54, 1.807) is 6.08 Å². The molecule has 0 saturated carbocycles. The molecule has 0 aliphatic rings. The minimum absolute atomic E-state index is 0.0438. The van der Waals surface area contributed by atoms with Crippen LogP contribution in [-0.2, 0) is 9.59 Å². The van der Waals surface area contributed by atoms with E-state index >= 15 is 0 Å². The van der Waals surface area contributed by atoms with Crippen molar-refractivity contribution in [3.63, 3.8) is 0 Å². The number of aliphatic carboxylic acids is 2. The SMILES string of the molecule is C=CC(c1ccccc1)C(O)CCCO.CC(=O)O.CC(=O)O. The van der Waals surface area contributed by atoms with E-state index in [4.69, 9.17) is 24.9 Å². The van der Waals surface area contributed by atoms with Gasteiger partial charge in [-0.2, -0.15) is 0 Å². The molecule has 0 spiro atoms. The van der Waals surface area contributed by atoms with Crippen LogP contribution in [0.4, 0.5) is 0 Å². The zero-order chi connectivity index (χ0) is 18.3. The molecular formula is C17H26O6. The summed E-state index contributed by atoms with van der Waals surface area (Å²) in [6, 6.07) is 9.81. The molecule has 0 bridgehead atoms. The molecule has 2 unspecified atom stereocenters. The highest BCUT2D eigenvalue weighted by Gasteiger charge is 2.16. The van der Waals surface area contributed by atoms with Crippen molar-refractivity contribution < 1.29 is 30.0 Å². The Hall–Kier alpha value is -2.18. The van der Waals surface area contributed by atoms with Gasteiger partial charge in [0.1, 0.15) is 0 Å². The molecule has 0 aliphatic heterocycles. The van der Waals surface area contributed by atoms with Gasteiger partial charge in [-0.15, -0.1) is 6.58 Å². The van der Waals surface area contributed by atoms with Crippen LogP contribution in [0.25, 0.3) is 0 Å². The molecule has 1 aromatic carbocycles. The topological polar surface area (TPSA) is 115 Å². The minimum atomic E-state index is -0.833. The van der Waals surface area contributed by atoms with Crippen molar-refractivity contribution in [2.45, 2.75) is 38.7 Å². The number of hydrogen-bond acceptors (Lipinski definition) is 4. The molecule has 0 radical (unpaired) electrons. The Labute approximate surface area is 136 Å². The van der Waals surface area contributed by atoms with Crippen molar-refractivity contribution in [1.82, 2.24) is 0 Å². The molecule has 1 aromatic rings. The second-order valence-electron chi connectivity index (χ2n) is 4.64. The zero-order valence-electron chi connectivity index (χ0n) is 13.6. The summed E-state index contributed by atoms with van der Waals surface area (Å²) in [4.78, 5) is 18.0. The van der Waals surface area contributed by atoms with Gasteiger partial charge in [-0.3, -0.25) is 9.59 Å². The Kier molecular flexibility index (Phi) is 14.8. The molecule has 0 aromatic heterocycles. The summed E-state index contributed by atoms with van der Waals surface area (Å²) in [5, 5.41) is 33.4. The Balaban J connectivity index is 0. The maximum Gasteiger partial charge on any atom is 0.300 e. The Bertz CT molecular complexity index is 424. The monoisotopic (exact) mass is 326 g/mol. The van der Waals surface area contributed by atoms with Crippen LogP contribution in [0.2, 0.25) is 0 Å². The van der Waals surface area contributed by atoms with Gasteiger partial charge in [-0.1, -0.05) is 36.4 Å². The molecule has 0 amide bonds. The van der Waals surface area contributed by atoms with E-state index in [1.165, 1.54) is 0 Å². The second-order valence-corrected chi connectivity index (χ2v) is 4.64. The highest BCUT2D eigenvalue weighted by molar-refractivity contribution is 5.63. The predicted molar refractivity (Wildman–Crippen MR) is 88.3 cm³/mol. The molecular weight excluding hydrogens is 300 g/mol. The average Bonchev–Trinajstić information content (AvgIpc) is 2.46. The van der Waals surface area contributed by atoms with Gasteiger partial charge in [-0.25, -0.2) is 0 Å². The zero-order valence-corrected chi connectivity index (χ0v) is 13.6. The van der Waals surface area contributed by atoms with Crippen LogP contribution in [0.1, 0.15) is 38.2 Å². The van der Waals surface area contributed by atoms with Crippen LogP contribution in [0, 0.1) is 0 Å². The summed E-state index contributed by atoms with van der Waals surface area (Å²) in [6.07, 6.45) is 2.52. The van der Waals surface area contributed by atoms with Gasteiger partial charge in [0.2, 0.25) is 0 Å². The highest BCUT2D eigenvalue weighted by Crippen LogP contribution is 2.23. The first-order chi connectivity index (χ1) is 10.8. The fourth-order valence-corrected chi connectivity index (χ4v) is 1.67. The van der Waals surface area contributed by atoms with Crippen LogP contribution in [-0.4, -0.2) is 45.1 Å². The quantitative estimate of drug-likeness (QED) is 0.596. The second kappa shape index (κ2) is 14.7. The molecule has 130 valence electrons. The van der Waals surface area contributed by atoms with Crippen molar-refractivity contribution in [2.75, 3.05) is 6.61 Å². The standard InChI is InChI=1S/C13H18O2.2C2H4O2/c1-2-12(13(15)9-6-10-14)11-7-4-3-5-8-11;2*1-2(3)4/h2-5,7-8,12-15H,1,6,9-10H2;2*1H3,(H,3,4). The molecule has 1 rings (SSSR count). The van der Waals surface area contributed by atoms with Gasteiger partial charge in [0.25, 0.3) is 11.9 Å². The smallest absolute Gasteiger partial charge is 0.300 e. The maximum absolute atomic E-state index is 9.91. The summed E-state index contributed by atoms with van der Waals surface area (Å²) >= 11 is 0. The summed E-state index contributed by atoms with van der Waals surface area (Å²) < 4.78 is 0. The summed E-state index contributed by atoms with van der Waals surface area (Å²) in [5.74, 6) is -1.71. The molecule has 6 heteroatoms. The average molecular weight is 326 g/mol. The highest BCUT2D eigenvalue weighted by atomic mass is 16.4. The third-order valence-electron chi connectivity index (χ3n) is 2.51. The van der Waals surface area contributed by atoms with Crippen molar-refractivity contribution in [3.05, 3.63) is 48.6 Å². The molecule has 0 saturated heterocycles. The number of aliphatic hydroxyl groups is 2. The lowest BCUT2D eigenvalue weighted by Gasteiger charge is -2.19. The third kappa shape index (κ3) is 16.0. The number of aliphatic hydroxyl groups excluding tert-OH is 2. The molecule has 6 nitrogen and oxygen atoms in total. The van der Waals surface area contributed by atoms with Crippen molar-refractivity contribution in [1.29, 1.82) is 0 Å². The first-order valence-electron chi connectivity index (χ1n) is 7.11. The van der Waals surface area contributed by atoms with E-state index in [-0.39, 0.29) is 12.5 Å². The van der Waals surface area contributed by atoms with Crippen molar-refractivity contribution in [2.24, 2.45) is 0 Å². The van der Waals surface area contributed by atoms with Gasteiger partial charge >= 0.3 is 0 Å². The number of carboxylic acids is 2. The van der Waals surface area contributed by atoms with Crippen LogP contribution >= 0.6 is 0 Å². The summed E-state index contributed by atoms with van der Waals surface area (Å²) in [5.41, 5.74) is 1.07. The van der Waals surface area contributed by atoms with E-state index in [0.29, 0.717) is 12.8 Å². The van der Waals surface area contributed by atoms with Crippen LogP contribution < -0.4 is 0 Å². The van der Waals surface area contributed by atoms with E-state index in [0.717, 1.165) is 19.4 Å². The summed E-state index contributed by atoms with van der Waals surface area (Å²) in [7, 11) is 0. The normalized spacial score (nSPS) is 11.7. The van der Waals surface area contributed by atoms with E-state index < -0.39 is 18.0 Å². The first kappa shape index (κ1) is 23.1. The van der Waals surface area contributed by atoms with Crippen LogP contribution in [0.15, 0.2) is 43.0 Å². The third-order valence-corrected chi connectivity index (χ3v) is 2.51. The van der Waals surface area contributed by atoms with Gasteiger partial charge in [0.05, 0.1) is 6.10 Å². The maximum atomic E-state index is 9.91. The molecule has 0 heterocycles. The molecule has 23 heavy (non-hydrogen) atoms. The lowest BCUT2D eigenvalue weighted by Crippen LogP contribution is -2.17. The first-order valence-corrected chi connectivity index (χ1v) is 7.11. The lowest BCUT2D eigenvalue weighted by molar-refractivity contribution is -0.135. The number of carboxylic acid groups (broad SMARTS) is 2. The van der Waals surface area contributed by atoms with Crippen molar-refractivity contribution >= 4 is 11.9 Å². The summed E-state index contributed by atoms with van der Waals surface area (Å²) in [6.45, 7) is 6.03. The molecule has 0 fully saturated rings. The number of hydrogen-bond donors (Lipinski definition) is 4. The van der Waals surface area contributed by atoms with Gasteiger partial charge in [-0.05, 0) is 18.4 Å². The van der Waals surface area contributed by atoms with Crippen molar-refractivity contribution in [3.8, 4) is 0 Å². The fourth-order valence-electron chi connectivity index (χ4n) is 1.67. The Morgan fingerprint density at radius 3 is 1.91 bits per heavy atom. The van der Waals surface area contributed by atoms with Gasteiger partial charge < -0.3 is 20.4 Å². The molecule has 0 aliphatic carbocycles. The number of benzene rings is 1. The lowest BCUT2D eigenvalue weighted by atomic mass is 9.91. The van der Waals surface area contributed by atoms with Crippen LogP contribution in [0.5, 0.6) is 0 Å². The van der Waals surface area contributed by atoms with E-state index in [2.05, 4.69) is 6.58 Å². The predicted octanol–water partition coefficient (Wildman–Crippen LogP) is 2.27. The number of rotatable bonds is 6. The van der Waals surface area contributed by atoms with Gasteiger partial charge in [0, 0.05) is 26.4 Å². The van der Waals surface area contributed by atoms with E-state index in [1.807, 2.05) is 30.3 Å². The van der Waals surface area contributed by atoms with Gasteiger partial charge in [0.15, 0.2) is 0 Å². The minimum Gasteiger partial charge on any atom is -0.481 e. The van der Waals surface area contributed by atoms with Crippen LogP contribution in [0.3, 0.4) is 0 Å². The van der Waals surface area contributed by atoms with E-state index in [9.17, 15) is 5.11 Å². The Morgan fingerprint density at radius 1 is 1.13 bits per heavy atom. The largest absolute Gasteiger partial charge is 0.481 e. The number of carbonyl (C=O) groups is 2. The fraction of sp³-hybridized carbons (Fsp3) is 0.412. The molecule has 4 N–H and O–H groups in total.